The van der Waals surface area contributed by atoms with Gasteiger partial charge in [0, 0.05) is 16.4 Å². The number of hydrogen-bond donors (Lipinski definition) is 2. The van der Waals surface area contributed by atoms with E-state index < -0.39 is 15.9 Å². The number of carbonyl (C=O) groups is 1. The summed E-state index contributed by atoms with van der Waals surface area (Å²) < 4.78 is 27.9. The van der Waals surface area contributed by atoms with Gasteiger partial charge in [-0.1, -0.05) is 41.4 Å². The van der Waals surface area contributed by atoms with Gasteiger partial charge in [0.15, 0.2) is 0 Å². The van der Waals surface area contributed by atoms with E-state index in [1.807, 2.05) is 13.0 Å². The largest absolute Gasteiger partial charge is 0.322 e. The number of nitrogens with one attached hydrogen (secondary N) is 2. The molecule has 0 bridgehead atoms. The van der Waals surface area contributed by atoms with Crippen LogP contribution in [-0.4, -0.2) is 14.3 Å². The van der Waals surface area contributed by atoms with Crippen LogP contribution >= 0.6 is 23.2 Å². The van der Waals surface area contributed by atoms with Crippen LogP contribution in [0, 0.1) is 6.92 Å². The third kappa shape index (κ3) is 4.84. The molecule has 0 atom stereocenters. The average molecular weight is 435 g/mol. The van der Waals surface area contributed by atoms with E-state index in [4.69, 9.17) is 23.2 Å². The van der Waals surface area contributed by atoms with Crippen molar-refractivity contribution < 1.29 is 13.2 Å². The van der Waals surface area contributed by atoms with E-state index in [0.29, 0.717) is 16.4 Å². The first kappa shape index (κ1) is 20.2. The Bertz CT molecular complexity index is 1150. The van der Waals surface area contributed by atoms with E-state index in [1.54, 1.807) is 42.5 Å². The van der Waals surface area contributed by atoms with Crippen molar-refractivity contribution in [3.63, 3.8) is 0 Å². The summed E-state index contributed by atoms with van der Waals surface area (Å²) >= 11 is 12.0. The topological polar surface area (TPSA) is 75.3 Å². The first-order chi connectivity index (χ1) is 13.2. The summed E-state index contributed by atoms with van der Waals surface area (Å²) in [7, 11) is -3.89. The fraction of sp³-hybridized carbons (Fsp3) is 0.0500. The Labute approximate surface area is 173 Å². The van der Waals surface area contributed by atoms with Gasteiger partial charge in [0.2, 0.25) is 0 Å². The van der Waals surface area contributed by atoms with E-state index in [0.717, 1.165) is 5.56 Å². The number of aryl methyl sites for hydroxylation is 1. The zero-order chi connectivity index (χ0) is 20.3. The van der Waals surface area contributed by atoms with Crippen molar-refractivity contribution in [3.05, 3.63) is 87.9 Å². The zero-order valence-electron chi connectivity index (χ0n) is 14.7. The fourth-order valence-electron chi connectivity index (χ4n) is 2.53. The van der Waals surface area contributed by atoms with Crippen LogP contribution in [0.5, 0.6) is 0 Å². The Morgan fingerprint density at radius 3 is 2.32 bits per heavy atom. The molecule has 28 heavy (non-hydrogen) atoms. The Kier molecular flexibility index (Phi) is 5.93. The number of benzene rings is 3. The van der Waals surface area contributed by atoms with Gasteiger partial charge < -0.3 is 5.32 Å². The Balaban J connectivity index is 1.89. The maximum Gasteiger partial charge on any atom is 0.261 e. The van der Waals surface area contributed by atoms with E-state index in [9.17, 15) is 13.2 Å². The lowest BCUT2D eigenvalue weighted by molar-refractivity contribution is 0.102. The minimum atomic E-state index is -3.89. The standard InChI is InChI=1S/C20H16Cl2N2O3S/c1-13-4-2-7-16(10-13)24-28(26,27)17-8-9-19(22)18(12-17)20(25)23-15-6-3-5-14(21)11-15/h2-12,24H,1H3,(H,23,25). The number of carbonyl (C=O) groups excluding carboxylic acids is 1. The van der Waals surface area contributed by atoms with Crippen LogP contribution in [0.4, 0.5) is 11.4 Å². The second-order valence-corrected chi connectivity index (χ2v) is 8.61. The van der Waals surface area contributed by atoms with Gasteiger partial charge in [0.25, 0.3) is 15.9 Å². The molecule has 0 saturated heterocycles. The van der Waals surface area contributed by atoms with Gasteiger partial charge >= 0.3 is 0 Å². The fourth-order valence-corrected chi connectivity index (χ4v) is 4.00. The van der Waals surface area contributed by atoms with E-state index in [-0.39, 0.29) is 15.5 Å². The molecule has 3 rings (SSSR count). The predicted molar refractivity (Wildman–Crippen MR) is 113 cm³/mol. The predicted octanol–water partition coefficient (Wildman–Crippen LogP) is 5.35. The van der Waals surface area contributed by atoms with Crippen molar-refractivity contribution in [2.45, 2.75) is 11.8 Å². The molecule has 0 aliphatic heterocycles. The highest BCUT2D eigenvalue weighted by Crippen LogP contribution is 2.24. The highest BCUT2D eigenvalue weighted by molar-refractivity contribution is 7.92. The summed E-state index contributed by atoms with van der Waals surface area (Å²) in [5, 5.41) is 3.25. The van der Waals surface area contributed by atoms with Gasteiger partial charge in [0.05, 0.1) is 15.5 Å². The van der Waals surface area contributed by atoms with Gasteiger partial charge in [0.1, 0.15) is 0 Å². The van der Waals surface area contributed by atoms with Gasteiger partial charge in [-0.05, 0) is 61.0 Å². The number of hydrogen-bond acceptors (Lipinski definition) is 3. The van der Waals surface area contributed by atoms with Crippen LogP contribution < -0.4 is 10.0 Å². The third-order valence-electron chi connectivity index (χ3n) is 3.85. The van der Waals surface area contributed by atoms with E-state index in [2.05, 4.69) is 10.0 Å². The molecule has 8 heteroatoms. The highest BCUT2D eigenvalue weighted by atomic mass is 35.5. The van der Waals surface area contributed by atoms with Crippen molar-refractivity contribution >= 4 is 50.5 Å². The molecule has 2 N–H and O–H groups in total. The van der Waals surface area contributed by atoms with Crippen LogP contribution in [0.2, 0.25) is 10.0 Å². The summed E-state index contributed by atoms with van der Waals surface area (Å²) in [5.74, 6) is -0.542. The minimum absolute atomic E-state index is 0.0359. The third-order valence-corrected chi connectivity index (χ3v) is 5.79. The van der Waals surface area contributed by atoms with E-state index >= 15 is 0 Å². The van der Waals surface area contributed by atoms with Crippen molar-refractivity contribution in [1.29, 1.82) is 0 Å². The summed E-state index contributed by atoms with van der Waals surface area (Å²) in [4.78, 5) is 12.5. The van der Waals surface area contributed by atoms with Crippen LogP contribution in [0.25, 0.3) is 0 Å². The first-order valence-corrected chi connectivity index (χ1v) is 10.4. The number of rotatable bonds is 5. The normalized spacial score (nSPS) is 11.1. The SMILES string of the molecule is Cc1cccc(NS(=O)(=O)c2ccc(Cl)c(C(=O)Nc3cccc(Cl)c3)c2)c1. The van der Waals surface area contributed by atoms with Gasteiger partial charge in [-0.2, -0.15) is 0 Å². The van der Waals surface area contributed by atoms with Crippen LogP contribution in [0.3, 0.4) is 0 Å². The van der Waals surface area contributed by atoms with Crippen molar-refractivity contribution in [2.24, 2.45) is 0 Å². The highest BCUT2D eigenvalue weighted by Gasteiger charge is 2.19. The maximum absolute atomic E-state index is 12.7. The molecule has 0 heterocycles. The lowest BCUT2D eigenvalue weighted by Crippen LogP contribution is -2.16. The lowest BCUT2D eigenvalue weighted by Gasteiger charge is -2.11. The smallest absolute Gasteiger partial charge is 0.261 e. The second-order valence-electron chi connectivity index (χ2n) is 6.08. The summed E-state index contributed by atoms with van der Waals surface area (Å²) in [6.45, 7) is 1.86. The van der Waals surface area contributed by atoms with Gasteiger partial charge in [-0.25, -0.2) is 8.42 Å². The number of amides is 1. The number of halogens is 2. The summed E-state index contributed by atoms with van der Waals surface area (Å²) in [6, 6.07) is 17.5. The van der Waals surface area contributed by atoms with Gasteiger partial charge in [-0.3, -0.25) is 9.52 Å². The molecular weight excluding hydrogens is 419 g/mol. The zero-order valence-corrected chi connectivity index (χ0v) is 17.1. The number of sulfonamides is 1. The molecule has 3 aromatic carbocycles. The summed E-state index contributed by atoms with van der Waals surface area (Å²) in [5.41, 5.74) is 1.85. The molecule has 0 saturated carbocycles. The molecule has 0 aromatic heterocycles. The molecule has 0 aliphatic carbocycles. The molecule has 0 unspecified atom stereocenters. The second kappa shape index (κ2) is 8.22. The van der Waals surface area contributed by atoms with Crippen LogP contribution in [0.1, 0.15) is 15.9 Å². The molecule has 5 nitrogen and oxygen atoms in total. The average Bonchev–Trinajstić information content (AvgIpc) is 2.61. The lowest BCUT2D eigenvalue weighted by atomic mass is 10.2. The minimum Gasteiger partial charge on any atom is -0.322 e. The maximum atomic E-state index is 12.7. The van der Waals surface area contributed by atoms with Crippen molar-refractivity contribution in [2.75, 3.05) is 10.0 Å². The quantitative estimate of drug-likeness (QED) is 0.567. The van der Waals surface area contributed by atoms with Crippen molar-refractivity contribution in [3.8, 4) is 0 Å². The monoisotopic (exact) mass is 434 g/mol. The Morgan fingerprint density at radius 2 is 1.61 bits per heavy atom. The van der Waals surface area contributed by atoms with Crippen molar-refractivity contribution in [1.82, 2.24) is 0 Å². The van der Waals surface area contributed by atoms with Crippen LogP contribution in [-0.2, 0) is 10.0 Å². The molecule has 1 amide bonds. The molecule has 3 aromatic rings. The molecule has 0 spiro atoms. The molecule has 0 fully saturated rings. The Morgan fingerprint density at radius 1 is 0.893 bits per heavy atom. The Hall–Kier alpha value is -2.54. The first-order valence-electron chi connectivity index (χ1n) is 8.20. The molecule has 0 aliphatic rings. The molecule has 0 radical (unpaired) electrons. The molecular formula is C20H16Cl2N2O3S. The number of anilines is 2. The van der Waals surface area contributed by atoms with Gasteiger partial charge in [-0.15, -0.1) is 0 Å². The molecule has 144 valence electrons. The van der Waals surface area contributed by atoms with Crippen LogP contribution in [0.15, 0.2) is 71.6 Å². The van der Waals surface area contributed by atoms with E-state index in [1.165, 1.54) is 18.2 Å². The summed E-state index contributed by atoms with van der Waals surface area (Å²) in [6.07, 6.45) is 0.